The molecule has 0 unspecified atom stereocenters. The van der Waals surface area contributed by atoms with Gasteiger partial charge in [-0.15, -0.1) is 0 Å². The van der Waals surface area contributed by atoms with Gasteiger partial charge >= 0.3 is 5.97 Å². The van der Waals surface area contributed by atoms with Crippen molar-refractivity contribution in [2.24, 2.45) is 0 Å². The molecule has 0 aliphatic carbocycles. The summed E-state index contributed by atoms with van der Waals surface area (Å²) in [5.74, 6) is -0.454. The Balaban J connectivity index is 2.85. The molecule has 0 aliphatic heterocycles. The van der Waals surface area contributed by atoms with Crippen LogP contribution in [0.5, 0.6) is 0 Å². The summed E-state index contributed by atoms with van der Waals surface area (Å²) >= 11 is 0. The normalized spacial score (nSPS) is 14.2. The van der Waals surface area contributed by atoms with Gasteiger partial charge in [0, 0.05) is 18.8 Å². The monoisotopic (exact) mass is 325 g/mol. The molecular weight excluding hydrogens is 302 g/mol. The lowest BCUT2D eigenvalue weighted by molar-refractivity contribution is -0.144. The fraction of sp³-hybridized carbons (Fsp3) is 0.533. The highest BCUT2D eigenvalue weighted by molar-refractivity contribution is 7.84. The Morgan fingerprint density at radius 3 is 2.64 bits per heavy atom. The van der Waals surface area contributed by atoms with Crippen LogP contribution in [0.25, 0.3) is 5.57 Å². The zero-order valence-electron chi connectivity index (χ0n) is 13.5. The van der Waals surface area contributed by atoms with Crippen molar-refractivity contribution in [2.45, 2.75) is 44.9 Å². The molecule has 0 bridgehead atoms. The summed E-state index contributed by atoms with van der Waals surface area (Å²) in [5, 5.41) is 0. The van der Waals surface area contributed by atoms with Crippen LogP contribution in [-0.4, -0.2) is 37.5 Å². The van der Waals surface area contributed by atoms with E-state index in [2.05, 4.69) is 21.3 Å². The molecule has 22 heavy (non-hydrogen) atoms. The summed E-state index contributed by atoms with van der Waals surface area (Å²) in [6.07, 6.45) is 4.94. The van der Waals surface area contributed by atoms with Crippen molar-refractivity contribution >= 4 is 22.5 Å². The predicted octanol–water partition coefficient (Wildman–Crippen LogP) is 1.86. The summed E-state index contributed by atoms with van der Waals surface area (Å²) in [6, 6.07) is -0.741. The van der Waals surface area contributed by atoms with Crippen LogP contribution >= 0.6 is 0 Å². The summed E-state index contributed by atoms with van der Waals surface area (Å²) < 4.78 is 19.6. The van der Waals surface area contributed by atoms with Gasteiger partial charge in [-0.1, -0.05) is 6.58 Å². The quantitative estimate of drug-likeness (QED) is 0.774. The van der Waals surface area contributed by atoms with E-state index < -0.39 is 27.7 Å². The lowest BCUT2D eigenvalue weighted by atomic mass is 10.1. The van der Waals surface area contributed by atoms with Gasteiger partial charge in [-0.05, 0) is 33.3 Å². The van der Waals surface area contributed by atoms with Crippen LogP contribution in [-0.2, 0) is 20.5 Å². The average Bonchev–Trinajstić information content (AvgIpc) is 2.46. The lowest BCUT2D eigenvalue weighted by Crippen LogP contribution is -2.44. The van der Waals surface area contributed by atoms with Crippen molar-refractivity contribution in [3.63, 3.8) is 0 Å². The molecule has 1 N–H and O–H groups in total. The number of carbonyl (C=O) groups excluding carboxylic acids is 1. The molecule has 2 atom stereocenters. The number of rotatable bonds is 7. The second-order valence-electron chi connectivity index (χ2n) is 5.70. The van der Waals surface area contributed by atoms with E-state index in [0.29, 0.717) is 11.3 Å². The zero-order chi connectivity index (χ0) is 16.8. The lowest BCUT2D eigenvalue weighted by Gasteiger charge is -2.23. The maximum Gasteiger partial charge on any atom is 0.324 e. The molecule has 1 aromatic rings. The minimum absolute atomic E-state index is 0.249. The van der Waals surface area contributed by atoms with Crippen LogP contribution in [0, 0.1) is 0 Å². The number of nitrogens with one attached hydrogen (secondary N) is 1. The van der Waals surface area contributed by atoms with Crippen molar-refractivity contribution in [3.8, 4) is 0 Å². The first kappa shape index (κ1) is 18.4. The maximum atomic E-state index is 12.2. The van der Waals surface area contributed by atoms with Gasteiger partial charge in [-0.2, -0.15) is 0 Å². The van der Waals surface area contributed by atoms with E-state index in [1.54, 1.807) is 25.5 Å². The van der Waals surface area contributed by atoms with Gasteiger partial charge < -0.3 is 4.74 Å². The van der Waals surface area contributed by atoms with Gasteiger partial charge in [0.2, 0.25) is 0 Å². The Bertz CT molecular complexity index is 541. The van der Waals surface area contributed by atoms with E-state index in [-0.39, 0.29) is 13.0 Å². The maximum absolute atomic E-state index is 12.2. The van der Waals surface area contributed by atoms with E-state index in [1.807, 2.05) is 20.8 Å². The first-order chi connectivity index (χ1) is 10.3. The summed E-state index contributed by atoms with van der Waals surface area (Å²) in [4.78, 5) is 20.2. The van der Waals surface area contributed by atoms with E-state index >= 15 is 0 Å². The largest absolute Gasteiger partial charge is 0.465 e. The molecule has 1 rings (SSSR count). The minimum atomic E-state index is -1.39. The molecule has 122 valence electrons. The Kier molecular flexibility index (Phi) is 6.83. The molecular formula is C15H23N3O3S. The SMILES string of the molecule is C=C(C[C@H](N[S@@](=O)C(C)(C)C)C(=O)OCC)c1cnccn1. The smallest absolute Gasteiger partial charge is 0.324 e. The second-order valence-corrected chi connectivity index (χ2v) is 7.70. The molecule has 1 aromatic heterocycles. The van der Waals surface area contributed by atoms with E-state index in [9.17, 15) is 9.00 Å². The highest BCUT2D eigenvalue weighted by Crippen LogP contribution is 2.17. The topological polar surface area (TPSA) is 81.2 Å². The fourth-order valence-electron chi connectivity index (χ4n) is 1.55. The standard InChI is InChI=1S/C15H23N3O3S/c1-6-21-14(19)12(18-22(20)15(3,4)5)9-11(2)13-10-16-7-8-17-13/h7-8,10,12,18H,2,6,9H2,1,3-5H3/t12-,22-/m0/s1. The van der Waals surface area contributed by atoms with Crippen LogP contribution in [0.2, 0.25) is 0 Å². The van der Waals surface area contributed by atoms with Gasteiger partial charge in [0.25, 0.3) is 0 Å². The Morgan fingerprint density at radius 1 is 1.45 bits per heavy atom. The van der Waals surface area contributed by atoms with Crippen LogP contribution in [0.3, 0.4) is 0 Å². The van der Waals surface area contributed by atoms with Crippen molar-refractivity contribution in [1.29, 1.82) is 0 Å². The third-order valence-electron chi connectivity index (χ3n) is 2.75. The van der Waals surface area contributed by atoms with E-state index in [1.165, 1.54) is 0 Å². The van der Waals surface area contributed by atoms with Gasteiger partial charge in [0.1, 0.15) is 6.04 Å². The van der Waals surface area contributed by atoms with Crippen molar-refractivity contribution in [3.05, 3.63) is 30.9 Å². The number of carbonyl (C=O) groups is 1. The Hall–Kier alpha value is -1.60. The number of esters is 1. The average molecular weight is 325 g/mol. The number of ether oxygens (including phenoxy) is 1. The Labute approximate surface area is 134 Å². The highest BCUT2D eigenvalue weighted by atomic mass is 32.2. The van der Waals surface area contributed by atoms with Crippen LogP contribution in [0.1, 0.15) is 39.8 Å². The van der Waals surface area contributed by atoms with Gasteiger partial charge in [-0.3, -0.25) is 14.8 Å². The third kappa shape index (κ3) is 5.65. The van der Waals surface area contributed by atoms with Gasteiger partial charge in [0.15, 0.2) is 0 Å². The van der Waals surface area contributed by atoms with Gasteiger partial charge in [0.05, 0.1) is 34.2 Å². The first-order valence-corrected chi connectivity index (χ1v) is 8.19. The number of hydrogen-bond acceptors (Lipinski definition) is 5. The van der Waals surface area contributed by atoms with E-state index in [0.717, 1.165) is 0 Å². The van der Waals surface area contributed by atoms with Gasteiger partial charge in [-0.25, -0.2) is 8.93 Å². The molecule has 0 saturated heterocycles. The molecule has 0 saturated carbocycles. The Morgan fingerprint density at radius 2 is 2.14 bits per heavy atom. The molecule has 6 nitrogen and oxygen atoms in total. The van der Waals surface area contributed by atoms with Crippen molar-refractivity contribution in [2.75, 3.05) is 6.61 Å². The van der Waals surface area contributed by atoms with Crippen LogP contribution < -0.4 is 4.72 Å². The third-order valence-corrected chi connectivity index (χ3v) is 4.36. The van der Waals surface area contributed by atoms with Crippen LogP contribution in [0.4, 0.5) is 0 Å². The first-order valence-electron chi connectivity index (χ1n) is 7.04. The number of hydrogen-bond donors (Lipinski definition) is 1. The summed E-state index contributed by atoms with van der Waals surface area (Å²) in [7, 11) is -1.39. The molecule has 0 fully saturated rings. The van der Waals surface area contributed by atoms with Crippen LogP contribution in [0.15, 0.2) is 25.2 Å². The van der Waals surface area contributed by atoms with Crippen molar-refractivity contribution < 1.29 is 13.7 Å². The van der Waals surface area contributed by atoms with E-state index in [4.69, 9.17) is 4.74 Å². The zero-order valence-corrected chi connectivity index (χ0v) is 14.3. The molecule has 0 aliphatic rings. The molecule has 0 spiro atoms. The highest BCUT2D eigenvalue weighted by Gasteiger charge is 2.28. The minimum Gasteiger partial charge on any atom is -0.465 e. The molecule has 1 heterocycles. The molecule has 0 amide bonds. The van der Waals surface area contributed by atoms with Crippen molar-refractivity contribution in [1.82, 2.24) is 14.7 Å². The second kappa shape index (κ2) is 8.14. The predicted molar refractivity (Wildman–Crippen MR) is 87.1 cm³/mol. The molecule has 7 heteroatoms. The summed E-state index contributed by atoms with van der Waals surface area (Å²) in [6.45, 7) is 11.4. The number of aromatic nitrogens is 2. The fourth-order valence-corrected chi connectivity index (χ4v) is 2.35. The molecule has 0 radical (unpaired) electrons. The summed E-state index contributed by atoms with van der Waals surface area (Å²) in [5.41, 5.74) is 1.23. The number of nitrogens with zero attached hydrogens (tertiary/aromatic N) is 2. The molecule has 0 aromatic carbocycles.